The van der Waals surface area contributed by atoms with Gasteiger partial charge in [-0.2, -0.15) is 0 Å². The Morgan fingerprint density at radius 1 is 1.24 bits per heavy atom. The van der Waals surface area contributed by atoms with Crippen LogP contribution < -0.4 is 5.73 Å². The normalized spacial score (nSPS) is 24.1. The molecule has 0 atom stereocenters. The zero-order valence-corrected chi connectivity index (χ0v) is 11.1. The van der Waals surface area contributed by atoms with E-state index in [2.05, 4.69) is 11.8 Å². The first-order chi connectivity index (χ1) is 8.17. The van der Waals surface area contributed by atoms with Gasteiger partial charge in [-0.1, -0.05) is 32.6 Å². The number of nitrogens with zero attached hydrogens (tertiary/aromatic N) is 1. The van der Waals surface area contributed by atoms with Crippen molar-refractivity contribution in [2.24, 2.45) is 11.1 Å². The van der Waals surface area contributed by atoms with Crippen LogP contribution in [0.4, 0.5) is 0 Å². The third kappa shape index (κ3) is 2.65. The second-order valence-corrected chi connectivity index (χ2v) is 5.99. The summed E-state index contributed by atoms with van der Waals surface area (Å²) in [5.74, 6) is 0.382. The maximum absolute atomic E-state index is 12.7. The van der Waals surface area contributed by atoms with E-state index in [1.807, 2.05) is 0 Å². The van der Waals surface area contributed by atoms with Gasteiger partial charge in [0.2, 0.25) is 5.91 Å². The molecule has 0 unspecified atom stereocenters. The van der Waals surface area contributed by atoms with Crippen LogP contribution in [0.25, 0.3) is 0 Å². The standard InChI is InChI=1S/C14H26N2O/c1-14(8-4-5-9-14)13(17)16(11-10-15)12-6-2-3-7-12/h12H,2-11,15H2,1H3. The van der Waals surface area contributed by atoms with Gasteiger partial charge in [0, 0.05) is 24.5 Å². The lowest BCUT2D eigenvalue weighted by Crippen LogP contribution is -2.48. The molecule has 2 fully saturated rings. The summed E-state index contributed by atoms with van der Waals surface area (Å²) in [6, 6.07) is 0.475. The molecule has 0 spiro atoms. The highest BCUT2D eigenvalue weighted by atomic mass is 16.2. The maximum Gasteiger partial charge on any atom is 0.228 e. The Labute approximate surface area is 105 Å². The molecule has 1 amide bonds. The Hall–Kier alpha value is -0.570. The van der Waals surface area contributed by atoms with Gasteiger partial charge in [-0.3, -0.25) is 4.79 Å². The van der Waals surface area contributed by atoms with Gasteiger partial charge in [0.05, 0.1) is 0 Å². The van der Waals surface area contributed by atoms with Gasteiger partial charge in [-0.05, 0) is 25.7 Å². The van der Waals surface area contributed by atoms with Crippen molar-refractivity contribution in [2.75, 3.05) is 13.1 Å². The number of hydrogen-bond donors (Lipinski definition) is 1. The van der Waals surface area contributed by atoms with Crippen LogP contribution in [0.3, 0.4) is 0 Å². The van der Waals surface area contributed by atoms with E-state index in [-0.39, 0.29) is 5.41 Å². The molecule has 2 saturated carbocycles. The maximum atomic E-state index is 12.7. The molecule has 2 aliphatic carbocycles. The highest BCUT2D eigenvalue weighted by Crippen LogP contribution is 2.40. The third-order valence-electron chi connectivity index (χ3n) is 4.62. The van der Waals surface area contributed by atoms with Crippen LogP contribution in [0.1, 0.15) is 58.3 Å². The molecule has 0 heterocycles. The van der Waals surface area contributed by atoms with E-state index < -0.39 is 0 Å². The quantitative estimate of drug-likeness (QED) is 0.817. The molecular formula is C14H26N2O. The molecule has 0 radical (unpaired) electrons. The Morgan fingerprint density at radius 3 is 2.35 bits per heavy atom. The zero-order valence-electron chi connectivity index (χ0n) is 11.1. The number of nitrogens with two attached hydrogens (primary N) is 1. The minimum Gasteiger partial charge on any atom is -0.338 e. The van der Waals surface area contributed by atoms with Crippen molar-refractivity contribution in [3.05, 3.63) is 0 Å². The van der Waals surface area contributed by atoms with Crippen LogP contribution in [0, 0.1) is 5.41 Å². The summed E-state index contributed by atoms with van der Waals surface area (Å²) in [5.41, 5.74) is 5.60. The predicted molar refractivity (Wildman–Crippen MR) is 69.6 cm³/mol. The summed E-state index contributed by atoms with van der Waals surface area (Å²) in [7, 11) is 0. The van der Waals surface area contributed by atoms with Crippen molar-refractivity contribution in [2.45, 2.75) is 64.3 Å². The fourth-order valence-corrected chi connectivity index (χ4v) is 3.52. The molecule has 2 aliphatic rings. The first-order valence-corrected chi connectivity index (χ1v) is 7.18. The van der Waals surface area contributed by atoms with Gasteiger partial charge in [0.25, 0.3) is 0 Å². The van der Waals surface area contributed by atoms with Crippen LogP contribution in [-0.4, -0.2) is 29.9 Å². The Balaban J connectivity index is 2.06. The van der Waals surface area contributed by atoms with Crippen molar-refractivity contribution < 1.29 is 4.79 Å². The molecule has 0 aromatic heterocycles. The third-order valence-corrected chi connectivity index (χ3v) is 4.62. The predicted octanol–water partition coefficient (Wildman–Crippen LogP) is 2.30. The van der Waals surface area contributed by atoms with E-state index >= 15 is 0 Å². The van der Waals surface area contributed by atoms with Gasteiger partial charge < -0.3 is 10.6 Å². The summed E-state index contributed by atoms with van der Waals surface area (Å²) >= 11 is 0. The highest BCUT2D eigenvalue weighted by molar-refractivity contribution is 5.83. The van der Waals surface area contributed by atoms with Gasteiger partial charge >= 0.3 is 0 Å². The average Bonchev–Trinajstić information content (AvgIpc) is 2.96. The molecule has 0 bridgehead atoms. The molecule has 0 aliphatic heterocycles. The number of rotatable bonds is 4. The Kier molecular flexibility index (Phi) is 4.08. The lowest BCUT2D eigenvalue weighted by molar-refractivity contribution is -0.143. The number of carbonyl (C=O) groups is 1. The van der Waals surface area contributed by atoms with Crippen molar-refractivity contribution >= 4 is 5.91 Å². The summed E-state index contributed by atoms with van der Waals surface area (Å²) in [5, 5.41) is 0. The fourth-order valence-electron chi connectivity index (χ4n) is 3.52. The minimum atomic E-state index is -0.0856. The Morgan fingerprint density at radius 2 is 1.82 bits per heavy atom. The average molecular weight is 238 g/mol. The fraction of sp³-hybridized carbons (Fsp3) is 0.929. The van der Waals surface area contributed by atoms with E-state index in [1.54, 1.807) is 0 Å². The number of hydrogen-bond acceptors (Lipinski definition) is 2. The summed E-state index contributed by atoms with van der Waals surface area (Å²) in [6.45, 7) is 3.50. The van der Waals surface area contributed by atoms with E-state index in [4.69, 9.17) is 5.73 Å². The van der Waals surface area contributed by atoms with Crippen LogP contribution in [0.5, 0.6) is 0 Å². The molecule has 98 valence electrons. The highest BCUT2D eigenvalue weighted by Gasteiger charge is 2.41. The smallest absolute Gasteiger partial charge is 0.228 e. The van der Waals surface area contributed by atoms with Crippen molar-refractivity contribution in [3.63, 3.8) is 0 Å². The van der Waals surface area contributed by atoms with Gasteiger partial charge in [0.15, 0.2) is 0 Å². The zero-order chi connectivity index (χ0) is 12.3. The number of amides is 1. The lowest BCUT2D eigenvalue weighted by Gasteiger charge is -2.35. The van der Waals surface area contributed by atoms with Gasteiger partial charge in [-0.15, -0.1) is 0 Å². The summed E-state index contributed by atoms with van der Waals surface area (Å²) in [6.07, 6.45) is 9.47. The minimum absolute atomic E-state index is 0.0856. The molecular weight excluding hydrogens is 212 g/mol. The topological polar surface area (TPSA) is 46.3 Å². The van der Waals surface area contributed by atoms with E-state index in [1.165, 1.54) is 38.5 Å². The summed E-state index contributed by atoms with van der Waals surface area (Å²) < 4.78 is 0. The van der Waals surface area contributed by atoms with E-state index in [9.17, 15) is 4.79 Å². The first-order valence-electron chi connectivity index (χ1n) is 7.18. The molecule has 0 aromatic rings. The van der Waals surface area contributed by atoms with Crippen molar-refractivity contribution in [3.8, 4) is 0 Å². The van der Waals surface area contributed by atoms with E-state index in [0.717, 1.165) is 19.4 Å². The van der Waals surface area contributed by atoms with Crippen molar-refractivity contribution in [1.29, 1.82) is 0 Å². The Bertz CT molecular complexity index is 265. The molecule has 0 saturated heterocycles. The van der Waals surface area contributed by atoms with Crippen LogP contribution in [-0.2, 0) is 4.79 Å². The molecule has 2 N–H and O–H groups in total. The molecule has 3 nitrogen and oxygen atoms in total. The van der Waals surface area contributed by atoms with Gasteiger partial charge in [-0.25, -0.2) is 0 Å². The monoisotopic (exact) mass is 238 g/mol. The lowest BCUT2D eigenvalue weighted by atomic mass is 9.86. The second-order valence-electron chi connectivity index (χ2n) is 5.99. The van der Waals surface area contributed by atoms with Crippen molar-refractivity contribution in [1.82, 2.24) is 4.90 Å². The van der Waals surface area contributed by atoms with Gasteiger partial charge in [0.1, 0.15) is 0 Å². The molecule has 17 heavy (non-hydrogen) atoms. The molecule has 2 rings (SSSR count). The van der Waals surface area contributed by atoms with E-state index in [0.29, 0.717) is 18.5 Å². The van der Waals surface area contributed by atoms with Crippen LogP contribution in [0.2, 0.25) is 0 Å². The largest absolute Gasteiger partial charge is 0.338 e. The summed E-state index contributed by atoms with van der Waals surface area (Å²) in [4.78, 5) is 14.8. The first kappa shape index (κ1) is 12.9. The van der Waals surface area contributed by atoms with Crippen LogP contribution in [0.15, 0.2) is 0 Å². The molecule has 0 aromatic carbocycles. The number of carbonyl (C=O) groups excluding carboxylic acids is 1. The SMILES string of the molecule is CC1(C(=O)N(CCN)C2CCCC2)CCCC1. The molecule has 3 heteroatoms. The second kappa shape index (κ2) is 5.38. The van der Waals surface area contributed by atoms with Crippen LogP contribution >= 0.6 is 0 Å².